The molecule has 0 unspecified atom stereocenters. The molecule has 0 atom stereocenters. The summed E-state index contributed by atoms with van der Waals surface area (Å²) in [7, 11) is 1.44. The number of nitrogens with zero attached hydrogens (tertiary/aromatic N) is 2. The maximum Gasteiger partial charge on any atom is 0.344 e. The molecule has 0 bridgehead atoms. The van der Waals surface area contributed by atoms with Gasteiger partial charge in [0.15, 0.2) is 18.1 Å². The first-order valence-corrected chi connectivity index (χ1v) is 11.7. The first-order valence-electron chi connectivity index (χ1n) is 10.1. The molecule has 33 heavy (non-hydrogen) atoms. The highest BCUT2D eigenvalue weighted by Crippen LogP contribution is 2.38. The van der Waals surface area contributed by atoms with E-state index in [1.54, 1.807) is 24.0 Å². The molecule has 178 valence electrons. The Kier molecular flexibility index (Phi) is 8.75. The number of ether oxygens (including phenoxy) is 4. The smallest absolute Gasteiger partial charge is 0.344 e. The van der Waals surface area contributed by atoms with Gasteiger partial charge in [-0.25, -0.2) is 4.79 Å². The number of thioether (sulfide) groups is 1. The van der Waals surface area contributed by atoms with Crippen LogP contribution in [-0.2, 0) is 23.9 Å². The molecule has 1 aromatic rings. The Morgan fingerprint density at radius 2 is 1.94 bits per heavy atom. The fraction of sp³-hybridized carbons (Fsp3) is 0.429. The normalized spacial score (nSPS) is 17.5. The number of rotatable bonds is 8. The fourth-order valence-electron chi connectivity index (χ4n) is 3.10. The predicted molar refractivity (Wildman–Crippen MR) is 123 cm³/mol. The number of hydrogen-bond acceptors (Lipinski definition) is 9. The molecule has 3 rings (SSSR count). The van der Waals surface area contributed by atoms with E-state index >= 15 is 0 Å². The molecular weight excluding hydrogens is 520 g/mol. The van der Waals surface area contributed by atoms with Gasteiger partial charge in [-0.05, 0) is 42.5 Å². The second-order valence-corrected chi connectivity index (χ2v) is 8.73. The zero-order valence-electron chi connectivity index (χ0n) is 18.1. The Hall–Kier alpha value is -2.57. The first-order chi connectivity index (χ1) is 15.8. The van der Waals surface area contributed by atoms with E-state index in [1.807, 2.05) is 0 Å². The average Bonchev–Trinajstić information content (AvgIpc) is 3.07. The first kappa shape index (κ1) is 25.1. The zero-order chi connectivity index (χ0) is 24.0. The molecule has 2 aliphatic rings. The van der Waals surface area contributed by atoms with Gasteiger partial charge in [0.05, 0.1) is 31.8 Å². The van der Waals surface area contributed by atoms with Crippen LogP contribution in [0.3, 0.4) is 0 Å². The Bertz CT molecular complexity index is 977. The molecule has 1 aromatic carbocycles. The van der Waals surface area contributed by atoms with Crippen LogP contribution in [0.15, 0.2) is 21.5 Å². The van der Waals surface area contributed by atoms with E-state index in [9.17, 15) is 19.2 Å². The van der Waals surface area contributed by atoms with Gasteiger partial charge in [0.1, 0.15) is 6.54 Å². The van der Waals surface area contributed by atoms with Crippen molar-refractivity contribution in [2.24, 2.45) is 0 Å². The highest BCUT2D eigenvalue weighted by Gasteiger charge is 2.37. The molecule has 0 aromatic heterocycles. The number of hydrogen-bond donors (Lipinski definition) is 0. The van der Waals surface area contributed by atoms with Crippen molar-refractivity contribution in [2.45, 2.75) is 6.92 Å². The van der Waals surface area contributed by atoms with Gasteiger partial charge >= 0.3 is 5.97 Å². The summed E-state index contributed by atoms with van der Waals surface area (Å²) in [6, 6.07) is 3.20. The van der Waals surface area contributed by atoms with Crippen molar-refractivity contribution in [1.29, 1.82) is 0 Å². The minimum absolute atomic E-state index is 0.178. The van der Waals surface area contributed by atoms with Crippen molar-refractivity contribution in [3.63, 3.8) is 0 Å². The molecule has 2 heterocycles. The van der Waals surface area contributed by atoms with Crippen LogP contribution in [0.2, 0.25) is 0 Å². The molecule has 2 fully saturated rings. The lowest BCUT2D eigenvalue weighted by molar-refractivity contribution is -0.145. The standard InChI is InChI=1S/C21H23BrN2O8S/c1-3-31-19(26)12-32-16-10-14(22)13(8-15(16)29-2)9-17-20(27)24(21(28)33-17)11-18(25)23-4-6-30-7-5-23/h8-10H,3-7,11-12H2,1-2H3/b17-9+. The molecule has 10 nitrogen and oxygen atoms in total. The van der Waals surface area contributed by atoms with Gasteiger partial charge in [-0.15, -0.1) is 0 Å². The molecule has 2 aliphatic heterocycles. The van der Waals surface area contributed by atoms with Gasteiger partial charge in [0.25, 0.3) is 11.1 Å². The number of esters is 1. The van der Waals surface area contributed by atoms with E-state index in [0.29, 0.717) is 47.8 Å². The molecule has 0 spiro atoms. The lowest BCUT2D eigenvalue weighted by atomic mass is 10.2. The summed E-state index contributed by atoms with van der Waals surface area (Å²) in [6.45, 7) is 3.08. The topological polar surface area (TPSA) is 112 Å². The maximum atomic E-state index is 12.8. The monoisotopic (exact) mass is 542 g/mol. The maximum absolute atomic E-state index is 12.8. The Labute approximate surface area is 203 Å². The number of morpholine rings is 1. The van der Waals surface area contributed by atoms with Crippen molar-refractivity contribution in [2.75, 3.05) is 53.2 Å². The number of imide groups is 1. The van der Waals surface area contributed by atoms with E-state index in [-0.39, 0.29) is 30.6 Å². The second kappa shape index (κ2) is 11.5. The number of carbonyl (C=O) groups is 4. The summed E-state index contributed by atoms with van der Waals surface area (Å²) in [6.07, 6.45) is 1.53. The minimum atomic E-state index is -0.542. The van der Waals surface area contributed by atoms with E-state index in [4.69, 9.17) is 18.9 Å². The molecule has 12 heteroatoms. The molecule has 0 saturated carbocycles. The van der Waals surface area contributed by atoms with Crippen LogP contribution in [0.5, 0.6) is 11.5 Å². The predicted octanol–water partition coefficient (Wildman–Crippen LogP) is 2.29. The van der Waals surface area contributed by atoms with Gasteiger partial charge in [-0.3, -0.25) is 19.3 Å². The largest absolute Gasteiger partial charge is 0.493 e. The van der Waals surface area contributed by atoms with Crippen molar-refractivity contribution in [3.8, 4) is 11.5 Å². The van der Waals surface area contributed by atoms with Crippen molar-refractivity contribution in [3.05, 3.63) is 27.1 Å². The molecule has 3 amide bonds. The number of amides is 3. The third kappa shape index (κ3) is 6.27. The van der Waals surface area contributed by atoms with Gasteiger partial charge in [0, 0.05) is 17.6 Å². The summed E-state index contributed by atoms with van der Waals surface area (Å²) in [4.78, 5) is 51.9. The summed E-state index contributed by atoms with van der Waals surface area (Å²) in [5, 5.41) is -0.509. The van der Waals surface area contributed by atoms with Crippen molar-refractivity contribution < 1.29 is 38.1 Å². The van der Waals surface area contributed by atoms with Crippen molar-refractivity contribution in [1.82, 2.24) is 9.80 Å². The van der Waals surface area contributed by atoms with Gasteiger partial charge in [-0.1, -0.05) is 15.9 Å². The van der Waals surface area contributed by atoms with Crippen LogP contribution < -0.4 is 9.47 Å². The lowest BCUT2D eigenvalue weighted by Gasteiger charge is -2.28. The van der Waals surface area contributed by atoms with Gasteiger partial charge < -0.3 is 23.8 Å². The van der Waals surface area contributed by atoms with Crippen LogP contribution >= 0.6 is 27.7 Å². The van der Waals surface area contributed by atoms with Crippen molar-refractivity contribution >= 4 is 56.8 Å². The lowest BCUT2D eigenvalue weighted by Crippen LogP contribution is -2.46. The zero-order valence-corrected chi connectivity index (χ0v) is 20.5. The van der Waals surface area contributed by atoms with E-state index in [1.165, 1.54) is 13.2 Å². The third-order valence-corrected chi connectivity index (χ3v) is 6.35. The number of methoxy groups -OCH3 is 1. The van der Waals surface area contributed by atoms with Crippen LogP contribution in [0.4, 0.5) is 4.79 Å². The Morgan fingerprint density at radius 1 is 1.21 bits per heavy atom. The third-order valence-electron chi connectivity index (χ3n) is 4.75. The van der Waals surface area contributed by atoms with E-state index < -0.39 is 17.1 Å². The Balaban J connectivity index is 1.74. The number of halogens is 1. The quantitative estimate of drug-likeness (QED) is 0.360. The highest BCUT2D eigenvalue weighted by molar-refractivity contribution is 9.10. The van der Waals surface area contributed by atoms with Crippen LogP contribution in [0.1, 0.15) is 12.5 Å². The average molecular weight is 543 g/mol. The molecule has 0 radical (unpaired) electrons. The van der Waals surface area contributed by atoms with Gasteiger partial charge in [-0.2, -0.15) is 0 Å². The SMILES string of the molecule is CCOC(=O)COc1cc(Br)c(/C=C2/SC(=O)N(CC(=O)N3CCOCC3)C2=O)cc1OC. The molecular formula is C21H23BrN2O8S. The summed E-state index contributed by atoms with van der Waals surface area (Å²) >= 11 is 4.17. The minimum Gasteiger partial charge on any atom is -0.493 e. The summed E-state index contributed by atoms with van der Waals surface area (Å²) in [5.74, 6) is -0.720. The summed E-state index contributed by atoms with van der Waals surface area (Å²) < 4.78 is 21.4. The molecule has 0 N–H and O–H groups in total. The van der Waals surface area contributed by atoms with Crippen LogP contribution in [-0.4, -0.2) is 86.0 Å². The van der Waals surface area contributed by atoms with E-state index in [0.717, 1.165) is 16.7 Å². The fourth-order valence-corrected chi connectivity index (χ4v) is 4.36. The Morgan fingerprint density at radius 3 is 2.61 bits per heavy atom. The second-order valence-electron chi connectivity index (χ2n) is 6.88. The molecule has 2 saturated heterocycles. The number of benzene rings is 1. The highest BCUT2D eigenvalue weighted by atomic mass is 79.9. The van der Waals surface area contributed by atoms with Gasteiger partial charge in [0.2, 0.25) is 5.91 Å². The van der Waals surface area contributed by atoms with Crippen LogP contribution in [0.25, 0.3) is 6.08 Å². The van der Waals surface area contributed by atoms with E-state index in [2.05, 4.69) is 15.9 Å². The van der Waals surface area contributed by atoms with Crippen LogP contribution in [0, 0.1) is 0 Å². The number of carbonyl (C=O) groups excluding carboxylic acids is 4. The molecule has 0 aliphatic carbocycles. The summed E-state index contributed by atoms with van der Waals surface area (Å²) in [5.41, 5.74) is 0.556.